The van der Waals surface area contributed by atoms with Gasteiger partial charge >= 0.3 is 0 Å². The summed E-state index contributed by atoms with van der Waals surface area (Å²) in [4.78, 5) is 23.6. The van der Waals surface area contributed by atoms with Crippen LogP contribution in [-0.2, 0) is 22.4 Å². The lowest BCUT2D eigenvalue weighted by atomic mass is 10.1. The number of methoxy groups -OCH3 is 1. The van der Waals surface area contributed by atoms with Gasteiger partial charge in [-0.3, -0.25) is 20.4 Å². The molecule has 2 N–H and O–H groups in total. The molecule has 5 nitrogen and oxygen atoms in total. The first-order valence-electron chi connectivity index (χ1n) is 7.42. The first kappa shape index (κ1) is 16.5. The van der Waals surface area contributed by atoms with E-state index in [1.807, 2.05) is 48.5 Å². The molecule has 2 rings (SSSR count). The molecule has 23 heavy (non-hydrogen) atoms. The first-order valence-corrected chi connectivity index (χ1v) is 7.42. The van der Waals surface area contributed by atoms with Crippen molar-refractivity contribution in [1.82, 2.24) is 10.9 Å². The van der Waals surface area contributed by atoms with Crippen LogP contribution in [0.2, 0.25) is 0 Å². The van der Waals surface area contributed by atoms with Crippen LogP contribution < -0.4 is 15.6 Å². The number of rotatable bonds is 6. The smallest absolute Gasteiger partial charge is 0.242 e. The Bertz CT molecular complexity index is 656. The van der Waals surface area contributed by atoms with E-state index in [2.05, 4.69) is 10.9 Å². The quantitative estimate of drug-likeness (QED) is 0.802. The van der Waals surface area contributed by atoms with Gasteiger partial charge in [0.05, 0.1) is 13.5 Å². The minimum Gasteiger partial charge on any atom is -0.496 e. The Morgan fingerprint density at radius 3 is 2.30 bits per heavy atom. The second-order valence-electron chi connectivity index (χ2n) is 5.07. The second-order valence-corrected chi connectivity index (χ2v) is 5.07. The zero-order chi connectivity index (χ0) is 16.5. The highest BCUT2D eigenvalue weighted by Gasteiger charge is 2.09. The highest BCUT2D eigenvalue weighted by Crippen LogP contribution is 2.17. The zero-order valence-corrected chi connectivity index (χ0v) is 13.0. The highest BCUT2D eigenvalue weighted by atomic mass is 16.5. The van der Waals surface area contributed by atoms with Gasteiger partial charge in [0.2, 0.25) is 11.8 Å². The van der Waals surface area contributed by atoms with Gasteiger partial charge in [-0.1, -0.05) is 48.5 Å². The molecule has 0 radical (unpaired) electrons. The van der Waals surface area contributed by atoms with Gasteiger partial charge in [0.25, 0.3) is 0 Å². The molecular formula is C18H20N2O3. The van der Waals surface area contributed by atoms with Crippen LogP contribution in [0.15, 0.2) is 54.6 Å². The van der Waals surface area contributed by atoms with Gasteiger partial charge in [-0.25, -0.2) is 0 Å². The second kappa shape index (κ2) is 8.58. The van der Waals surface area contributed by atoms with Crippen LogP contribution in [0.25, 0.3) is 0 Å². The molecule has 2 aromatic rings. The summed E-state index contributed by atoms with van der Waals surface area (Å²) in [7, 11) is 1.56. The third-order valence-electron chi connectivity index (χ3n) is 3.37. The fourth-order valence-corrected chi connectivity index (χ4v) is 2.17. The van der Waals surface area contributed by atoms with Crippen LogP contribution >= 0.6 is 0 Å². The van der Waals surface area contributed by atoms with Crippen LogP contribution in [0.1, 0.15) is 17.5 Å². The van der Waals surface area contributed by atoms with Crippen molar-refractivity contribution in [2.75, 3.05) is 7.11 Å². The van der Waals surface area contributed by atoms with Crippen molar-refractivity contribution < 1.29 is 14.3 Å². The van der Waals surface area contributed by atoms with Crippen LogP contribution in [0.3, 0.4) is 0 Å². The molecule has 0 saturated carbocycles. The minimum absolute atomic E-state index is 0.142. The molecule has 0 aliphatic heterocycles. The standard InChI is InChI=1S/C18H20N2O3/c1-23-16-10-6-5-9-15(16)13-18(22)20-19-17(21)12-11-14-7-3-2-4-8-14/h2-10H,11-13H2,1H3,(H,19,21)(H,20,22). The number of nitrogens with one attached hydrogen (secondary N) is 2. The third kappa shape index (κ3) is 5.47. The zero-order valence-electron chi connectivity index (χ0n) is 13.0. The number of carbonyl (C=O) groups excluding carboxylic acids is 2. The Balaban J connectivity index is 1.74. The molecule has 0 aliphatic carbocycles. The van der Waals surface area contributed by atoms with Crippen molar-refractivity contribution in [3.8, 4) is 5.75 Å². The first-order chi connectivity index (χ1) is 11.2. The van der Waals surface area contributed by atoms with Crippen molar-refractivity contribution in [1.29, 1.82) is 0 Å². The maximum atomic E-state index is 11.9. The molecule has 0 heterocycles. The number of aryl methyl sites for hydroxylation is 1. The summed E-state index contributed by atoms with van der Waals surface area (Å²) in [5.74, 6) is 0.142. The summed E-state index contributed by atoms with van der Waals surface area (Å²) >= 11 is 0. The molecule has 0 atom stereocenters. The number of para-hydroxylation sites is 1. The molecule has 0 fully saturated rings. The fourth-order valence-electron chi connectivity index (χ4n) is 2.17. The number of hydrogen-bond acceptors (Lipinski definition) is 3. The van der Waals surface area contributed by atoms with Gasteiger partial charge in [-0.15, -0.1) is 0 Å². The van der Waals surface area contributed by atoms with Gasteiger partial charge in [0.15, 0.2) is 0 Å². The van der Waals surface area contributed by atoms with E-state index in [-0.39, 0.29) is 18.2 Å². The Morgan fingerprint density at radius 2 is 1.57 bits per heavy atom. The van der Waals surface area contributed by atoms with E-state index in [0.29, 0.717) is 18.6 Å². The lowest BCUT2D eigenvalue weighted by Crippen LogP contribution is -2.42. The summed E-state index contributed by atoms with van der Waals surface area (Å²) in [5.41, 5.74) is 6.71. The van der Waals surface area contributed by atoms with Gasteiger partial charge < -0.3 is 4.74 Å². The molecule has 2 aromatic carbocycles. The van der Waals surface area contributed by atoms with Gasteiger partial charge in [0, 0.05) is 12.0 Å². The van der Waals surface area contributed by atoms with Crippen molar-refractivity contribution in [3.05, 3.63) is 65.7 Å². The molecule has 120 valence electrons. The summed E-state index contributed by atoms with van der Waals surface area (Å²) in [5, 5.41) is 0. The molecule has 0 bridgehead atoms. The Labute approximate surface area is 135 Å². The van der Waals surface area contributed by atoms with Crippen molar-refractivity contribution in [2.24, 2.45) is 0 Å². The summed E-state index contributed by atoms with van der Waals surface area (Å²) in [6.07, 6.45) is 1.09. The SMILES string of the molecule is COc1ccccc1CC(=O)NNC(=O)CCc1ccccc1. The van der Waals surface area contributed by atoms with Crippen molar-refractivity contribution in [3.63, 3.8) is 0 Å². The maximum absolute atomic E-state index is 11.9. The molecule has 0 saturated heterocycles. The van der Waals surface area contributed by atoms with E-state index in [4.69, 9.17) is 4.74 Å². The number of hydrazine groups is 1. The molecule has 0 spiro atoms. The maximum Gasteiger partial charge on any atom is 0.242 e. The van der Waals surface area contributed by atoms with E-state index >= 15 is 0 Å². The number of benzene rings is 2. The molecular weight excluding hydrogens is 292 g/mol. The van der Waals surface area contributed by atoms with Gasteiger partial charge in [-0.2, -0.15) is 0 Å². The van der Waals surface area contributed by atoms with E-state index < -0.39 is 0 Å². The lowest BCUT2D eigenvalue weighted by Gasteiger charge is -2.10. The monoisotopic (exact) mass is 312 g/mol. The minimum atomic E-state index is -0.289. The molecule has 0 aromatic heterocycles. The average Bonchev–Trinajstić information content (AvgIpc) is 2.59. The van der Waals surface area contributed by atoms with Crippen LogP contribution in [0.5, 0.6) is 5.75 Å². The Kier molecular flexibility index (Phi) is 6.17. The fraction of sp³-hybridized carbons (Fsp3) is 0.222. The molecule has 5 heteroatoms. The normalized spacial score (nSPS) is 9.96. The molecule has 2 amide bonds. The summed E-state index contributed by atoms with van der Waals surface area (Å²) in [6.45, 7) is 0. The van der Waals surface area contributed by atoms with Gasteiger partial charge in [0.1, 0.15) is 5.75 Å². The third-order valence-corrected chi connectivity index (χ3v) is 3.37. The topological polar surface area (TPSA) is 67.4 Å². The number of carbonyl (C=O) groups is 2. The molecule has 0 unspecified atom stereocenters. The predicted molar refractivity (Wildman–Crippen MR) is 87.7 cm³/mol. The Hall–Kier alpha value is -2.82. The molecule has 0 aliphatic rings. The summed E-state index contributed by atoms with van der Waals surface area (Å²) < 4.78 is 5.19. The average molecular weight is 312 g/mol. The van der Waals surface area contributed by atoms with Crippen LogP contribution in [0.4, 0.5) is 0 Å². The van der Waals surface area contributed by atoms with Crippen LogP contribution in [0, 0.1) is 0 Å². The summed E-state index contributed by atoms with van der Waals surface area (Å²) in [6, 6.07) is 17.0. The van der Waals surface area contributed by atoms with E-state index in [1.54, 1.807) is 13.2 Å². The Morgan fingerprint density at radius 1 is 0.913 bits per heavy atom. The van der Waals surface area contributed by atoms with Crippen molar-refractivity contribution in [2.45, 2.75) is 19.3 Å². The van der Waals surface area contributed by atoms with E-state index in [0.717, 1.165) is 11.1 Å². The highest BCUT2D eigenvalue weighted by molar-refractivity contribution is 5.83. The van der Waals surface area contributed by atoms with E-state index in [9.17, 15) is 9.59 Å². The largest absolute Gasteiger partial charge is 0.496 e. The predicted octanol–water partition coefficient (Wildman–Crippen LogP) is 2.02. The number of hydrogen-bond donors (Lipinski definition) is 2. The number of amides is 2. The lowest BCUT2D eigenvalue weighted by molar-refractivity contribution is -0.128. The van der Waals surface area contributed by atoms with Crippen molar-refractivity contribution >= 4 is 11.8 Å². The van der Waals surface area contributed by atoms with E-state index in [1.165, 1.54) is 0 Å². The van der Waals surface area contributed by atoms with Crippen LogP contribution in [-0.4, -0.2) is 18.9 Å². The van der Waals surface area contributed by atoms with Gasteiger partial charge in [-0.05, 0) is 18.1 Å². The number of ether oxygens (including phenoxy) is 1.